The van der Waals surface area contributed by atoms with Gasteiger partial charge in [0.15, 0.2) is 5.69 Å². The minimum absolute atomic E-state index is 0.0673. The number of aliphatic hydroxyl groups excluding tert-OH is 1. The molecule has 3 aliphatic carbocycles. The summed E-state index contributed by atoms with van der Waals surface area (Å²) in [6.07, 6.45) is -1.86. The molecular weight excluding hydrogens is 568 g/mol. The van der Waals surface area contributed by atoms with E-state index < -0.39 is 65.3 Å². The molecule has 0 aliphatic heterocycles. The lowest BCUT2D eigenvalue weighted by atomic mass is 9.74. The number of aliphatic carboxylic acids is 1. The fraction of sp³-hybridized carbons (Fsp3) is 0.643. The quantitative estimate of drug-likeness (QED) is 0.383. The van der Waals surface area contributed by atoms with Gasteiger partial charge in [-0.15, -0.1) is 0 Å². The van der Waals surface area contributed by atoms with E-state index in [1.54, 1.807) is 6.92 Å². The summed E-state index contributed by atoms with van der Waals surface area (Å²) < 4.78 is 59.0. The van der Waals surface area contributed by atoms with Crippen molar-refractivity contribution in [3.8, 4) is 0 Å². The van der Waals surface area contributed by atoms with Crippen LogP contribution in [0.1, 0.15) is 93.1 Å². The molecule has 0 spiro atoms. The summed E-state index contributed by atoms with van der Waals surface area (Å²) in [4.78, 5) is 30.4. The van der Waals surface area contributed by atoms with Crippen LogP contribution < -0.4 is 0 Å². The number of fused-ring (bicyclic) bond motifs is 1. The molecule has 2 aromatic heterocycles. The third-order valence-corrected chi connectivity index (χ3v) is 10.2. The Morgan fingerprint density at radius 1 is 1.15 bits per heavy atom. The van der Waals surface area contributed by atoms with Gasteiger partial charge >= 0.3 is 12.1 Å². The molecule has 1 unspecified atom stereocenters. The van der Waals surface area contributed by atoms with Crippen molar-refractivity contribution in [2.75, 3.05) is 6.54 Å². The monoisotopic (exact) mass is 600 g/mol. The van der Waals surface area contributed by atoms with Crippen molar-refractivity contribution < 1.29 is 37.4 Å². The van der Waals surface area contributed by atoms with Crippen molar-refractivity contribution in [3.05, 3.63) is 46.3 Å². The van der Waals surface area contributed by atoms with Gasteiger partial charge in [-0.1, -0.05) is 25.4 Å². The topological polar surface area (TPSA) is 109 Å². The minimum Gasteiger partial charge on any atom is -0.481 e. The lowest BCUT2D eigenvalue weighted by Crippen LogP contribution is -2.43. The number of hydrogen-bond acceptors (Lipinski definition) is 5. The molecule has 0 radical (unpaired) electrons. The van der Waals surface area contributed by atoms with Gasteiger partial charge in [-0.3, -0.25) is 19.3 Å². The van der Waals surface area contributed by atoms with Crippen molar-refractivity contribution in [2.45, 2.75) is 83.7 Å². The Bertz CT molecular complexity index is 1320. The molecule has 1 amide bonds. The number of aliphatic hydroxyl groups is 1. The number of amides is 1. The SMILES string of the molecule is CC1(C(=O)O)CCC(n2ncc(C(=O)N(C[C@@H](O)c3c(F)cncc3Cl)C3C[C@@H]4[C@H](C3)C4(C)C)c2C(F)(F)F)CC1. The molecule has 0 aromatic carbocycles. The molecule has 5 rings (SSSR count). The van der Waals surface area contributed by atoms with E-state index in [9.17, 15) is 37.4 Å². The predicted octanol–water partition coefficient (Wildman–Crippen LogP) is 5.91. The maximum atomic E-state index is 14.5. The highest BCUT2D eigenvalue weighted by molar-refractivity contribution is 6.31. The Balaban J connectivity index is 1.47. The van der Waals surface area contributed by atoms with Crippen LogP contribution in [0.15, 0.2) is 18.6 Å². The van der Waals surface area contributed by atoms with Crippen molar-refractivity contribution in [3.63, 3.8) is 0 Å². The second-order valence-electron chi connectivity index (χ2n) is 12.6. The van der Waals surface area contributed by atoms with E-state index in [2.05, 4.69) is 23.9 Å². The first kappa shape index (κ1) is 29.8. The van der Waals surface area contributed by atoms with Gasteiger partial charge in [0.1, 0.15) is 11.9 Å². The van der Waals surface area contributed by atoms with Crippen LogP contribution in [0.3, 0.4) is 0 Å². The molecule has 2 aromatic rings. The van der Waals surface area contributed by atoms with Gasteiger partial charge in [-0.05, 0) is 62.7 Å². The average Bonchev–Trinajstić information content (AvgIpc) is 3.30. The number of pyridine rings is 1. The van der Waals surface area contributed by atoms with E-state index >= 15 is 0 Å². The van der Waals surface area contributed by atoms with E-state index in [0.29, 0.717) is 12.8 Å². The first-order valence-electron chi connectivity index (χ1n) is 13.7. The third kappa shape index (κ3) is 5.22. The number of carboxylic acid groups (broad SMARTS) is 1. The molecule has 13 heteroatoms. The molecule has 224 valence electrons. The number of carboxylic acids is 1. The molecular formula is C28H33ClF4N4O4. The van der Waals surface area contributed by atoms with E-state index in [4.69, 9.17) is 11.6 Å². The molecule has 8 nitrogen and oxygen atoms in total. The molecule has 2 N–H and O–H groups in total. The van der Waals surface area contributed by atoms with E-state index in [1.165, 1.54) is 4.90 Å². The number of aromatic nitrogens is 3. The van der Waals surface area contributed by atoms with E-state index in [-0.39, 0.29) is 53.5 Å². The van der Waals surface area contributed by atoms with Gasteiger partial charge in [0, 0.05) is 17.8 Å². The Hall–Kier alpha value is -2.73. The molecule has 3 saturated carbocycles. The minimum atomic E-state index is -4.93. The predicted molar refractivity (Wildman–Crippen MR) is 139 cm³/mol. The molecule has 4 atom stereocenters. The van der Waals surface area contributed by atoms with Gasteiger partial charge < -0.3 is 15.1 Å². The van der Waals surface area contributed by atoms with Crippen molar-refractivity contribution in [1.29, 1.82) is 0 Å². The summed E-state index contributed by atoms with van der Waals surface area (Å²) >= 11 is 6.08. The Morgan fingerprint density at radius 3 is 2.29 bits per heavy atom. The van der Waals surface area contributed by atoms with Gasteiger partial charge in [0.25, 0.3) is 5.91 Å². The van der Waals surface area contributed by atoms with Crippen LogP contribution in [0, 0.1) is 28.5 Å². The fourth-order valence-corrected chi connectivity index (χ4v) is 7.35. The molecule has 41 heavy (non-hydrogen) atoms. The number of carbonyl (C=O) groups is 2. The highest BCUT2D eigenvalue weighted by Gasteiger charge is 2.63. The second-order valence-corrected chi connectivity index (χ2v) is 13.0. The number of nitrogens with zero attached hydrogens (tertiary/aromatic N) is 4. The fourth-order valence-electron chi connectivity index (χ4n) is 7.08. The Kier molecular flexibility index (Phi) is 7.41. The number of carbonyl (C=O) groups excluding carboxylic acids is 1. The largest absolute Gasteiger partial charge is 0.481 e. The Labute approximate surface area is 239 Å². The van der Waals surface area contributed by atoms with Crippen LogP contribution in [-0.2, 0) is 11.0 Å². The van der Waals surface area contributed by atoms with Gasteiger partial charge in [-0.25, -0.2) is 4.39 Å². The molecule has 3 fully saturated rings. The first-order valence-corrected chi connectivity index (χ1v) is 14.1. The summed E-state index contributed by atoms with van der Waals surface area (Å²) in [6.45, 7) is 5.32. The summed E-state index contributed by atoms with van der Waals surface area (Å²) in [6, 6.07) is -1.19. The number of rotatable bonds is 7. The number of hydrogen-bond donors (Lipinski definition) is 2. The maximum Gasteiger partial charge on any atom is 0.433 e. The third-order valence-electron chi connectivity index (χ3n) is 9.85. The van der Waals surface area contributed by atoms with E-state index in [1.807, 2.05) is 0 Å². The van der Waals surface area contributed by atoms with Crippen LogP contribution in [-0.4, -0.2) is 54.3 Å². The normalized spacial score (nSPS) is 29.6. The Morgan fingerprint density at radius 2 is 1.76 bits per heavy atom. The lowest BCUT2D eigenvalue weighted by Gasteiger charge is -2.35. The highest BCUT2D eigenvalue weighted by Crippen LogP contribution is 2.67. The van der Waals surface area contributed by atoms with Gasteiger partial charge in [-0.2, -0.15) is 18.3 Å². The zero-order valence-electron chi connectivity index (χ0n) is 23.0. The molecule has 0 saturated heterocycles. The van der Waals surface area contributed by atoms with Crippen LogP contribution in [0.2, 0.25) is 5.02 Å². The smallest absolute Gasteiger partial charge is 0.433 e. The van der Waals surface area contributed by atoms with Crippen LogP contribution in [0.4, 0.5) is 17.6 Å². The zero-order valence-corrected chi connectivity index (χ0v) is 23.7. The number of halogens is 5. The second kappa shape index (κ2) is 10.2. The van der Waals surface area contributed by atoms with Gasteiger partial charge in [0.05, 0.1) is 41.0 Å². The van der Waals surface area contributed by atoms with Gasteiger partial charge in [0.2, 0.25) is 0 Å². The zero-order chi connectivity index (χ0) is 30.1. The summed E-state index contributed by atoms with van der Waals surface area (Å²) in [5.41, 5.74) is -3.11. The van der Waals surface area contributed by atoms with E-state index in [0.717, 1.165) is 23.3 Å². The van der Waals surface area contributed by atoms with Crippen LogP contribution in [0.5, 0.6) is 0 Å². The molecule has 3 aliphatic rings. The summed E-state index contributed by atoms with van der Waals surface area (Å²) in [7, 11) is 0. The highest BCUT2D eigenvalue weighted by atomic mass is 35.5. The van der Waals surface area contributed by atoms with Crippen LogP contribution in [0.25, 0.3) is 0 Å². The average molecular weight is 601 g/mol. The summed E-state index contributed by atoms with van der Waals surface area (Å²) in [5.74, 6) is -2.26. The standard InChI is InChI=1S/C28H33ClF4N4O4/c1-26(2)17-8-15(9-18(17)26)36(13-21(38)22-19(29)11-34-12-20(22)30)24(39)16-10-35-37(23(16)28(31,32)33)14-4-6-27(3,7-5-14)25(40)41/h10-12,14-15,17-18,21,38H,4-9,13H2,1-3H3,(H,40,41)/t14?,15?,17-,18+,21-,27?/m1/s1. The number of alkyl halides is 3. The van der Waals surface area contributed by atoms with Crippen LogP contribution >= 0.6 is 11.6 Å². The summed E-state index contributed by atoms with van der Waals surface area (Å²) in [5, 5.41) is 24.3. The molecule has 0 bridgehead atoms. The van der Waals surface area contributed by atoms with Crippen molar-refractivity contribution in [2.24, 2.45) is 22.7 Å². The van der Waals surface area contributed by atoms with Crippen molar-refractivity contribution >= 4 is 23.5 Å². The first-order chi connectivity index (χ1) is 19.1. The lowest BCUT2D eigenvalue weighted by molar-refractivity contribution is -0.152. The maximum absolute atomic E-state index is 14.5. The van der Waals surface area contributed by atoms with Crippen molar-refractivity contribution in [1.82, 2.24) is 19.7 Å². The molecule has 2 heterocycles.